The third-order valence-electron chi connectivity index (χ3n) is 3.25. The van der Waals surface area contributed by atoms with E-state index in [0.717, 1.165) is 5.56 Å². The number of hydrogen-bond acceptors (Lipinski definition) is 5. The number of aliphatic hydroxyl groups excluding tert-OH is 1. The lowest BCUT2D eigenvalue weighted by molar-refractivity contribution is -0.148. The van der Waals surface area contributed by atoms with Crippen LogP contribution in [0.15, 0.2) is 30.3 Å². The van der Waals surface area contributed by atoms with Gasteiger partial charge in [-0.15, -0.1) is 0 Å². The lowest BCUT2D eigenvalue weighted by Gasteiger charge is -2.23. The molecule has 0 bridgehead atoms. The van der Waals surface area contributed by atoms with Crippen LogP contribution in [-0.4, -0.2) is 47.9 Å². The summed E-state index contributed by atoms with van der Waals surface area (Å²) in [7, 11) is 1.22. The summed E-state index contributed by atoms with van der Waals surface area (Å²) in [6.07, 6.45) is -1.20. The Morgan fingerprint density at radius 2 is 2.05 bits per heavy atom. The van der Waals surface area contributed by atoms with Gasteiger partial charge in [0.1, 0.15) is 6.61 Å². The second-order valence-electron chi connectivity index (χ2n) is 4.56. The van der Waals surface area contributed by atoms with Crippen LogP contribution in [0.5, 0.6) is 0 Å². The predicted molar refractivity (Wildman–Crippen MR) is 69.8 cm³/mol. The number of ether oxygens (including phenoxy) is 2. The van der Waals surface area contributed by atoms with Gasteiger partial charge in [0.2, 0.25) is 0 Å². The molecule has 6 nitrogen and oxygen atoms in total. The van der Waals surface area contributed by atoms with Crippen LogP contribution in [0.3, 0.4) is 0 Å². The number of nitrogens with zero attached hydrogens (tertiary/aromatic N) is 1. The van der Waals surface area contributed by atoms with Crippen molar-refractivity contribution in [2.24, 2.45) is 0 Å². The molecule has 1 heterocycles. The van der Waals surface area contributed by atoms with Crippen LogP contribution in [0, 0.1) is 0 Å². The van der Waals surface area contributed by atoms with E-state index in [0.29, 0.717) is 6.42 Å². The van der Waals surface area contributed by atoms with Crippen molar-refractivity contribution in [2.45, 2.75) is 25.2 Å². The largest absolute Gasteiger partial charge is 0.467 e. The summed E-state index contributed by atoms with van der Waals surface area (Å²) in [6, 6.07) is 8.26. The van der Waals surface area contributed by atoms with Gasteiger partial charge in [-0.25, -0.2) is 9.59 Å². The van der Waals surface area contributed by atoms with E-state index in [2.05, 4.69) is 4.74 Å². The van der Waals surface area contributed by atoms with Gasteiger partial charge in [-0.05, 0) is 12.0 Å². The first-order chi connectivity index (χ1) is 9.63. The Kier molecular flexibility index (Phi) is 4.57. The zero-order chi connectivity index (χ0) is 14.5. The van der Waals surface area contributed by atoms with Crippen LogP contribution in [0.2, 0.25) is 0 Å². The summed E-state index contributed by atoms with van der Waals surface area (Å²) >= 11 is 0. The van der Waals surface area contributed by atoms with Crippen molar-refractivity contribution in [1.82, 2.24) is 4.90 Å². The number of amides is 1. The average Bonchev–Trinajstić information content (AvgIpc) is 2.87. The van der Waals surface area contributed by atoms with Crippen LogP contribution in [0.1, 0.15) is 12.0 Å². The van der Waals surface area contributed by atoms with Crippen LogP contribution in [0.4, 0.5) is 4.79 Å². The van der Waals surface area contributed by atoms with Gasteiger partial charge in [0.05, 0.1) is 13.2 Å². The Morgan fingerprint density at radius 3 is 2.70 bits per heavy atom. The predicted octanol–water partition coefficient (Wildman–Crippen LogP) is 0.931. The van der Waals surface area contributed by atoms with E-state index in [9.17, 15) is 14.7 Å². The van der Waals surface area contributed by atoms with Gasteiger partial charge in [-0.3, -0.25) is 4.90 Å². The van der Waals surface area contributed by atoms with Gasteiger partial charge in [0.25, 0.3) is 0 Å². The molecule has 1 aromatic carbocycles. The lowest BCUT2D eigenvalue weighted by Crippen LogP contribution is -2.45. The average molecular weight is 279 g/mol. The molecular weight excluding hydrogens is 262 g/mol. The summed E-state index contributed by atoms with van der Waals surface area (Å²) in [5.41, 5.74) is 0.857. The number of esters is 1. The van der Waals surface area contributed by atoms with E-state index in [4.69, 9.17) is 4.74 Å². The molecule has 1 fully saturated rings. The Bertz CT molecular complexity index is 476. The first-order valence-electron chi connectivity index (χ1n) is 6.36. The fraction of sp³-hybridized carbons (Fsp3) is 0.429. The second-order valence-corrected chi connectivity index (χ2v) is 4.56. The van der Waals surface area contributed by atoms with Crippen molar-refractivity contribution in [3.05, 3.63) is 35.9 Å². The van der Waals surface area contributed by atoms with Gasteiger partial charge in [0.15, 0.2) is 6.04 Å². The number of hydrogen-bond donors (Lipinski definition) is 1. The SMILES string of the molecule is COC(=O)[C@@H]1[C@H](O)CCN1C(=O)OCc1ccccc1. The molecular formula is C14H17NO5. The van der Waals surface area contributed by atoms with E-state index < -0.39 is 24.2 Å². The Hall–Kier alpha value is -2.08. The summed E-state index contributed by atoms with van der Waals surface area (Å²) < 4.78 is 9.75. The normalized spacial score (nSPS) is 21.6. The highest BCUT2D eigenvalue weighted by Crippen LogP contribution is 2.20. The molecule has 1 aliphatic rings. The zero-order valence-corrected chi connectivity index (χ0v) is 11.2. The molecule has 0 spiro atoms. The minimum atomic E-state index is -0.983. The van der Waals surface area contributed by atoms with Crippen molar-refractivity contribution in [3.8, 4) is 0 Å². The highest BCUT2D eigenvalue weighted by molar-refractivity contribution is 5.82. The molecule has 108 valence electrons. The molecule has 20 heavy (non-hydrogen) atoms. The van der Waals surface area contributed by atoms with Gasteiger partial charge < -0.3 is 14.6 Å². The van der Waals surface area contributed by atoms with Gasteiger partial charge in [-0.2, -0.15) is 0 Å². The summed E-state index contributed by atoms with van der Waals surface area (Å²) in [5, 5.41) is 9.74. The van der Waals surface area contributed by atoms with E-state index in [1.54, 1.807) is 0 Å². The van der Waals surface area contributed by atoms with E-state index >= 15 is 0 Å². The zero-order valence-electron chi connectivity index (χ0n) is 11.2. The molecule has 1 saturated heterocycles. The Labute approximate surface area is 116 Å². The second kappa shape index (κ2) is 6.38. The lowest BCUT2D eigenvalue weighted by atomic mass is 10.2. The summed E-state index contributed by atoms with van der Waals surface area (Å²) in [6.45, 7) is 0.398. The molecule has 2 rings (SSSR count). The maximum Gasteiger partial charge on any atom is 0.410 e. The number of carbonyl (C=O) groups excluding carboxylic acids is 2. The van der Waals surface area contributed by atoms with Crippen LogP contribution in [-0.2, 0) is 20.9 Å². The van der Waals surface area contributed by atoms with Crippen LogP contribution < -0.4 is 0 Å². The van der Waals surface area contributed by atoms with E-state index in [-0.39, 0.29) is 13.2 Å². The molecule has 0 aliphatic carbocycles. The monoisotopic (exact) mass is 279 g/mol. The van der Waals surface area contributed by atoms with Gasteiger partial charge in [-0.1, -0.05) is 30.3 Å². The number of rotatable bonds is 3. The molecule has 6 heteroatoms. The van der Waals surface area contributed by atoms with Crippen LogP contribution in [0.25, 0.3) is 0 Å². The number of aliphatic hydroxyl groups is 1. The van der Waals surface area contributed by atoms with Gasteiger partial charge in [0, 0.05) is 6.54 Å². The molecule has 1 aliphatic heterocycles. The Morgan fingerprint density at radius 1 is 1.35 bits per heavy atom. The number of carbonyl (C=O) groups is 2. The number of methoxy groups -OCH3 is 1. The molecule has 0 unspecified atom stereocenters. The number of likely N-dealkylation sites (tertiary alicyclic amines) is 1. The number of benzene rings is 1. The van der Waals surface area contributed by atoms with E-state index in [1.165, 1.54) is 12.0 Å². The first kappa shape index (κ1) is 14.3. The highest BCUT2D eigenvalue weighted by Gasteiger charge is 2.42. The maximum absolute atomic E-state index is 12.0. The smallest absolute Gasteiger partial charge is 0.410 e. The van der Waals surface area contributed by atoms with Crippen molar-refractivity contribution in [2.75, 3.05) is 13.7 Å². The molecule has 2 atom stereocenters. The minimum absolute atomic E-state index is 0.125. The van der Waals surface area contributed by atoms with Crippen molar-refractivity contribution in [1.29, 1.82) is 0 Å². The van der Waals surface area contributed by atoms with Crippen molar-refractivity contribution >= 4 is 12.1 Å². The topological polar surface area (TPSA) is 76.1 Å². The molecule has 0 saturated carbocycles. The third kappa shape index (κ3) is 3.08. The summed E-state index contributed by atoms with van der Waals surface area (Å²) in [5.74, 6) is -0.633. The van der Waals surface area contributed by atoms with Crippen molar-refractivity contribution < 1.29 is 24.2 Å². The van der Waals surface area contributed by atoms with Crippen molar-refractivity contribution in [3.63, 3.8) is 0 Å². The fourth-order valence-corrected chi connectivity index (χ4v) is 2.19. The van der Waals surface area contributed by atoms with E-state index in [1.807, 2.05) is 30.3 Å². The summed E-state index contributed by atoms with van der Waals surface area (Å²) in [4.78, 5) is 24.8. The van der Waals surface area contributed by atoms with Crippen LogP contribution >= 0.6 is 0 Å². The minimum Gasteiger partial charge on any atom is -0.467 e. The third-order valence-corrected chi connectivity index (χ3v) is 3.25. The molecule has 1 aromatic rings. The molecule has 0 aromatic heterocycles. The molecule has 0 radical (unpaired) electrons. The maximum atomic E-state index is 12.0. The highest BCUT2D eigenvalue weighted by atomic mass is 16.6. The molecule has 1 N–H and O–H groups in total. The molecule has 1 amide bonds. The first-order valence-corrected chi connectivity index (χ1v) is 6.36. The standard InChI is InChI=1S/C14H17NO5/c1-19-13(17)12-11(16)7-8-15(12)14(18)20-9-10-5-3-2-4-6-10/h2-6,11-12,16H,7-9H2,1H3/t11-,12+/m1/s1. The van der Waals surface area contributed by atoms with Gasteiger partial charge >= 0.3 is 12.1 Å². The Balaban J connectivity index is 1.96. The fourth-order valence-electron chi connectivity index (χ4n) is 2.19. The quantitative estimate of drug-likeness (QED) is 0.833.